The van der Waals surface area contributed by atoms with Crippen LogP contribution in [0.25, 0.3) is 0 Å². The van der Waals surface area contributed by atoms with Crippen LogP contribution in [-0.4, -0.2) is 24.2 Å². The molecule has 0 amide bonds. The molecule has 19 heavy (non-hydrogen) atoms. The molecule has 0 N–H and O–H groups in total. The van der Waals surface area contributed by atoms with Crippen molar-refractivity contribution in [1.82, 2.24) is 9.19 Å². The van der Waals surface area contributed by atoms with Crippen molar-refractivity contribution >= 4 is 10.0 Å². The lowest BCUT2D eigenvalue weighted by Gasteiger charge is -2.04. The fraction of sp³-hybridized carbons (Fsp3) is 0.154. The van der Waals surface area contributed by atoms with Crippen molar-refractivity contribution in [2.24, 2.45) is 0 Å². The third kappa shape index (κ3) is 2.85. The molecule has 5 nitrogen and oxygen atoms in total. The molecule has 0 unspecified atom stereocenters. The number of benzene rings is 1. The van der Waals surface area contributed by atoms with E-state index in [1.54, 1.807) is 30.3 Å². The molecule has 0 atom stereocenters. The molecule has 6 heteroatoms. The van der Waals surface area contributed by atoms with Crippen LogP contribution in [0.15, 0.2) is 54.2 Å². The summed E-state index contributed by atoms with van der Waals surface area (Å²) in [4.78, 5) is 0.191. The summed E-state index contributed by atoms with van der Waals surface area (Å²) < 4.78 is 30.6. The summed E-state index contributed by atoms with van der Waals surface area (Å²) in [6, 6.07) is 6.59. The van der Waals surface area contributed by atoms with Crippen LogP contribution >= 0.6 is 0 Å². The lowest BCUT2D eigenvalue weighted by molar-refractivity contribution is 0.363. The van der Waals surface area contributed by atoms with E-state index in [1.165, 1.54) is 12.4 Å². The van der Waals surface area contributed by atoms with E-state index in [9.17, 15) is 8.42 Å². The summed E-state index contributed by atoms with van der Waals surface area (Å²) in [5.41, 5.74) is 0.995. The zero-order valence-electron chi connectivity index (χ0n) is 10.5. The SMILES string of the molecule is C=CCOc1cnn(S(=O)(=O)c2ccc(C)cc2)c1. The van der Waals surface area contributed by atoms with E-state index >= 15 is 0 Å². The Labute approximate surface area is 112 Å². The fourth-order valence-electron chi connectivity index (χ4n) is 1.47. The van der Waals surface area contributed by atoms with E-state index in [4.69, 9.17) is 4.74 Å². The standard InChI is InChI=1S/C13H14N2O3S/c1-3-8-18-12-9-14-15(10-12)19(16,17)13-6-4-11(2)5-7-13/h3-7,9-10H,1,8H2,2H3. The average Bonchev–Trinajstić information content (AvgIpc) is 2.86. The van der Waals surface area contributed by atoms with Crippen molar-refractivity contribution in [2.45, 2.75) is 11.8 Å². The molecule has 0 aliphatic rings. The van der Waals surface area contributed by atoms with Gasteiger partial charge in [-0.2, -0.15) is 17.6 Å². The predicted molar refractivity (Wildman–Crippen MR) is 71.7 cm³/mol. The van der Waals surface area contributed by atoms with Crippen molar-refractivity contribution in [3.8, 4) is 5.75 Å². The van der Waals surface area contributed by atoms with Crippen LogP contribution < -0.4 is 4.74 Å². The molecule has 1 heterocycles. The zero-order chi connectivity index (χ0) is 13.9. The second kappa shape index (κ2) is 5.27. The number of hydrogen-bond donors (Lipinski definition) is 0. The average molecular weight is 278 g/mol. The van der Waals surface area contributed by atoms with Gasteiger partial charge in [-0.05, 0) is 19.1 Å². The van der Waals surface area contributed by atoms with Gasteiger partial charge in [0.05, 0.1) is 17.3 Å². The molecule has 0 aliphatic carbocycles. The summed E-state index contributed by atoms with van der Waals surface area (Å²) in [5.74, 6) is 0.385. The molecule has 0 aliphatic heterocycles. The van der Waals surface area contributed by atoms with Gasteiger partial charge in [-0.15, -0.1) is 0 Å². The Bertz CT molecular complexity index is 672. The van der Waals surface area contributed by atoms with Gasteiger partial charge in [-0.1, -0.05) is 30.4 Å². The Morgan fingerprint density at radius 2 is 2.05 bits per heavy atom. The molecule has 2 rings (SSSR count). The van der Waals surface area contributed by atoms with Crippen LogP contribution in [0.4, 0.5) is 0 Å². The van der Waals surface area contributed by atoms with E-state index in [2.05, 4.69) is 11.7 Å². The Hall–Kier alpha value is -2.08. The largest absolute Gasteiger partial charge is 0.486 e. The summed E-state index contributed by atoms with van der Waals surface area (Å²) in [6.07, 6.45) is 4.26. The van der Waals surface area contributed by atoms with E-state index < -0.39 is 10.0 Å². The second-order valence-corrected chi connectivity index (χ2v) is 5.76. The molecule has 1 aromatic carbocycles. The smallest absolute Gasteiger partial charge is 0.283 e. The van der Waals surface area contributed by atoms with E-state index in [-0.39, 0.29) is 4.90 Å². The van der Waals surface area contributed by atoms with Gasteiger partial charge < -0.3 is 4.74 Å². The Balaban J connectivity index is 2.31. The van der Waals surface area contributed by atoms with Crippen LogP contribution in [0.5, 0.6) is 5.75 Å². The number of rotatable bonds is 5. The van der Waals surface area contributed by atoms with Gasteiger partial charge in [-0.25, -0.2) is 0 Å². The topological polar surface area (TPSA) is 61.2 Å². The van der Waals surface area contributed by atoms with Gasteiger partial charge in [0.2, 0.25) is 0 Å². The first-order valence-electron chi connectivity index (χ1n) is 5.64. The van der Waals surface area contributed by atoms with E-state index in [1.807, 2.05) is 6.92 Å². The molecule has 0 bridgehead atoms. The van der Waals surface area contributed by atoms with Crippen LogP contribution in [0.1, 0.15) is 5.56 Å². The van der Waals surface area contributed by atoms with Crippen LogP contribution in [0.3, 0.4) is 0 Å². The maximum atomic E-state index is 12.3. The number of nitrogens with zero attached hydrogens (tertiary/aromatic N) is 2. The van der Waals surface area contributed by atoms with Crippen molar-refractivity contribution in [1.29, 1.82) is 0 Å². The zero-order valence-corrected chi connectivity index (χ0v) is 11.3. The minimum Gasteiger partial charge on any atom is -0.486 e. The molecular formula is C13H14N2O3S. The third-order valence-corrected chi connectivity index (χ3v) is 4.03. The van der Waals surface area contributed by atoms with Gasteiger partial charge in [0.25, 0.3) is 10.0 Å². The van der Waals surface area contributed by atoms with E-state index in [0.717, 1.165) is 9.65 Å². The highest BCUT2D eigenvalue weighted by Crippen LogP contribution is 2.17. The van der Waals surface area contributed by atoms with Gasteiger partial charge in [0.15, 0.2) is 5.75 Å². The van der Waals surface area contributed by atoms with Crippen molar-refractivity contribution in [3.05, 3.63) is 54.9 Å². The van der Waals surface area contributed by atoms with Crippen LogP contribution in [0.2, 0.25) is 0 Å². The summed E-state index contributed by atoms with van der Waals surface area (Å²) in [7, 11) is -3.66. The first-order valence-corrected chi connectivity index (χ1v) is 7.08. The highest BCUT2D eigenvalue weighted by molar-refractivity contribution is 7.89. The van der Waals surface area contributed by atoms with Gasteiger partial charge in [0, 0.05) is 0 Å². The molecular weight excluding hydrogens is 264 g/mol. The van der Waals surface area contributed by atoms with Crippen molar-refractivity contribution in [3.63, 3.8) is 0 Å². The quantitative estimate of drug-likeness (QED) is 0.785. The summed E-state index contributed by atoms with van der Waals surface area (Å²) >= 11 is 0. The highest BCUT2D eigenvalue weighted by atomic mass is 32.2. The molecule has 0 fully saturated rings. The van der Waals surface area contributed by atoms with Crippen LogP contribution in [-0.2, 0) is 10.0 Å². The van der Waals surface area contributed by atoms with Crippen molar-refractivity contribution < 1.29 is 13.2 Å². The van der Waals surface area contributed by atoms with Crippen molar-refractivity contribution in [2.75, 3.05) is 6.61 Å². The minimum absolute atomic E-state index is 0.191. The molecule has 0 radical (unpaired) electrons. The van der Waals surface area contributed by atoms with Gasteiger partial charge in [-0.3, -0.25) is 0 Å². The lowest BCUT2D eigenvalue weighted by Crippen LogP contribution is -2.13. The number of hydrogen-bond acceptors (Lipinski definition) is 4. The first-order chi connectivity index (χ1) is 9.04. The minimum atomic E-state index is -3.66. The molecule has 1 aromatic heterocycles. The summed E-state index contributed by atoms with van der Waals surface area (Å²) in [6.45, 7) is 5.71. The fourth-order valence-corrected chi connectivity index (χ4v) is 2.58. The second-order valence-electron chi connectivity index (χ2n) is 3.97. The number of aryl methyl sites for hydroxylation is 1. The monoisotopic (exact) mass is 278 g/mol. The number of aromatic nitrogens is 2. The Morgan fingerprint density at radius 3 is 2.68 bits per heavy atom. The van der Waals surface area contributed by atoms with Crippen LogP contribution in [0, 0.1) is 6.92 Å². The molecule has 0 spiro atoms. The first kappa shape index (κ1) is 13.4. The molecule has 0 saturated carbocycles. The lowest BCUT2D eigenvalue weighted by atomic mass is 10.2. The van der Waals surface area contributed by atoms with Gasteiger partial charge in [0.1, 0.15) is 6.61 Å². The maximum Gasteiger partial charge on any atom is 0.283 e. The predicted octanol–water partition coefficient (Wildman–Crippen LogP) is 1.99. The summed E-state index contributed by atoms with van der Waals surface area (Å²) in [5, 5.41) is 3.81. The maximum absolute atomic E-state index is 12.3. The Morgan fingerprint density at radius 1 is 1.37 bits per heavy atom. The Kier molecular flexibility index (Phi) is 3.71. The molecule has 100 valence electrons. The molecule has 2 aromatic rings. The van der Waals surface area contributed by atoms with Gasteiger partial charge >= 0.3 is 0 Å². The molecule has 0 saturated heterocycles. The van der Waals surface area contributed by atoms with E-state index in [0.29, 0.717) is 12.4 Å². The third-order valence-electron chi connectivity index (χ3n) is 2.47. The normalized spacial score (nSPS) is 11.2. The number of ether oxygens (including phenoxy) is 1. The highest BCUT2D eigenvalue weighted by Gasteiger charge is 2.18.